The maximum Gasteiger partial charge on any atom is 0.262 e. The Morgan fingerprint density at radius 3 is 2.62 bits per heavy atom. The smallest absolute Gasteiger partial charge is 0.262 e. The van der Waals surface area contributed by atoms with Gasteiger partial charge in [0, 0.05) is 29.4 Å². The maximum absolute atomic E-state index is 12.3. The summed E-state index contributed by atoms with van der Waals surface area (Å²) in [5.41, 5.74) is 1.44. The van der Waals surface area contributed by atoms with Gasteiger partial charge in [-0.1, -0.05) is 29.9 Å². The van der Waals surface area contributed by atoms with E-state index in [9.17, 15) is 4.79 Å². The van der Waals surface area contributed by atoms with Crippen LogP contribution < -0.4 is 14.8 Å². The summed E-state index contributed by atoms with van der Waals surface area (Å²) in [6, 6.07) is 10.7. The number of hydrogen-bond donors (Lipinski definition) is 1. The van der Waals surface area contributed by atoms with Crippen molar-refractivity contribution in [1.29, 1.82) is 0 Å². The number of carbonyl (C=O) groups excluding carboxylic acids is 1. The number of ether oxygens (including phenoxy) is 3. The van der Waals surface area contributed by atoms with Gasteiger partial charge in [-0.3, -0.25) is 4.79 Å². The summed E-state index contributed by atoms with van der Waals surface area (Å²) in [4.78, 5) is 15.2. The Bertz CT molecular complexity index is 980. The molecule has 6 nitrogen and oxygen atoms in total. The van der Waals surface area contributed by atoms with Crippen LogP contribution in [-0.4, -0.2) is 54.3 Å². The number of morpholine rings is 1. The fourth-order valence-corrected chi connectivity index (χ4v) is 4.54. The highest BCUT2D eigenvalue weighted by molar-refractivity contribution is 9.10. The van der Waals surface area contributed by atoms with Crippen LogP contribution in [0, 0.1) is 0 Å². The molecule has 1 aliphatic rings. The van der Waals surface area contributed by atoms with Gasteiger partial charge in [0.25, 0.3) is 5.91 Å². The van der Waals surface area contributed by atoms with Gasteiger partial charge in [0.1, 0.15) is 4.99 Å². The standard InChI is InChI=1S/C23H26BrClN2O4S/c1-4-29-20-9-16(23(32)27-11-14(2)31-15(3)12-27)8-19(24)22(20)30-13-21(28)26-18-7-5-6-17(25)10-18/h5-10,14-15H,4,11-13H2,1-3H3,(H,26,28)/t14-,15-/m0/s1. The first-order valence-corrected chi connectivity index (χ1v) is 11.9. The van der Waals surface area contributed by atoms with E-state index in [1.807, 2.05) is 32.9 Å². The zero-order valence-electron chi connectivity index (χ0n) is 18.2. The molecule has 3 rings (SSSR count). The molecule has 0 bridgehead atoms. The third-order valence-corrected chi connectivity index (χ3v) is 6.04. The lowest BCUT2D eigenvalue weighted by atomic mass is 10.1. The minimum Gasteiger partial charge on any atom is -0.490 e. The molecule has 1 N–H and O–H groups in total. The Labute approximate surface area is 207 Å². The van der Waals surface area contributed by atoms with Crippen LogP contribution in [0.4, 0.5) is 5.69 Å². The van der Waals surface area contributed by atoms with Crippen LogP contribution in [0.2, 0.25) is 5.02 Å². The van der Waals surface area contributed by atoms with Gasteiger partial charge in [0.05, 0.1) is 23.3 Å². The number of thiocarbonyl (C=S) groups is 1. The molecular weight excluding hydrogens is 516 g/mol. The second kappa shape index (κ2) is 11.3. The molecule has 1 amide bonds. The van der Waals surface area contributed by atoms with Crippen molar-refractivity contribution in [1.82, 2.24) is 4.90 Å². The van der Waals surface area contributed by atoms with E-state index < -0.39 is 0 Å². The van der Waals surface area contributed by atoms with Gasteiger partial charge in [0.15, 0.2) is 18.1 Å². The molecule has 0 spiro atoms. The summed E-state index contributed by atoms with van der Waals surface area (Å²) in [6.07, 6.45) is 0.208. The van der Waals surface area contributed by atoms with Crippen LogP contribution in [0.5, 0.6) is 11.5 Å². The summed E-state index contributed by atoms with van der Waals surface area (Å²) >= 11 is 15.3. The molecule has 1 heterocycles. The molecule has 0 saturated carbocycles. The van der Waals surface area contributed by atoms with Gasteiger partial charge in [-0.05, 0) is 67.0 Å². The van der Waals surface area contributed by atoms with Gasteiger partial charge in [0.2, 0.25) is 0 Å². The molecule has 32 heavy (non-hydrogen) atoms. The Balaban J connectivity index is 1.73. The predicted molar refractivity (Wildman–Crippen MR) is 134 cm³/mol. The largest absolute Gasteiger partial charge is 0.490 e. The normalized spacial score (nSPS) is 18.2. The van der Waals surface area contributed by atoms with Crippen molar-refractivity contribution in [3.63, 3.8) is 0 Å². The molecule has 1 fully saturated rings. The number of anilines is 1. The molecule has 2 aromatic carbocycles. The van der Waals surface area contributed by atoms with E-state index in [0.717, 1.165) is 23.6 Å². The number of benzene rings is 2. The number of nitrogens with zero attached hydrogens (tertiary/aromatic N) is 1. The SMILES string of the molecule is CCOc1cc(C(=S)N2C[C@H](C)O[C@@H](C)C2)cc(Br)c1OCC(=O)Nc1cccc(Cl)c1. The van der Waals surface area contributed by atoms with Gasteiger partial charge >= 0.3 is 0 Å². The highest BCUT2D eigenvalue weighted by atomic mass is 79.9. The molecule has 0 radical (unpaired) electrons. The van der Waals surface area contributed by atoms with E-state index in [0.29, 0.717) is 33.3 Å². The van der Waals surface area contributed by atoms with E-state index in [4.69, 9.17) is 38.0 Å². The summed E-state index contributed by atoms with van der Waals surface area (Å²) in [5, 5.41) is 3.30. The third-order valence-electron chi connectivity index (χ3n) is 4.72. The Morgan fingerprint density at radius 2 is 1.97 bits per heavy atom. The topological polar surface area (TPSA) is 60.0 Å². The van der Waals surface area contributed by atoms with Crippen molar-refractivity contribution in [2.24, 2.45) is 0 Å². The number of halogens is 2. The monoisotopic (exact) mass is 540 g/mol. The van der Waals surface area contributed by atoms with Crippen LogP contribution >= 0.6 is 39.7 Å². The number of amides is 1. The van der Waals surface area contributed by atoms with Gasteiger partial charge in [-0.25, -0.2) is 0 Å². The van der Waals surface area contributed by atoms with Crippen LogP contribution in [0.3, 0.4) is 0 Å². The van der Waals surface area contributed by atoms with E-state index in [2.05, 4.69) is 26.1 Å². The lowest BCUT2D eigenvalue weighted by molar-refractivity contribution is -0.118. The number of hydrogen-bond acceptors (Lipinski definition) is 5. The maximum atomic E-state index is 12.3. The molecule has 0 unspecified atom stereocenters. The van der Waals surface area contributed by atoms with E-state index in [1.165, 1.54) is 0 Å². The number of rotatable bonds is 7. The summed E-state index contributed by atoms with van der Waals surface area (Å²) in [7, 11) is 0. The van der Waals surface area contributed by atoms with Crippen LogP contribution in [0.25, 0.3) is 0 Å². The van der Waals surface area contributed by atoms with Crippen molar-refractivity contribution in [2.45, 2.75) is 33.0 Å². The average Bonchev–Trinajstić information content (AvgIpc) is 2.72. The third kappa shape index (κ3) is 6.57. The van der Waals surface area contributed by atoms with Crippen molar-refractivity contribution < 1.29 is 19.0 Å². The minimum atomic E-state index is -0.308. The van der Waals surface area contributed by atoms with Gasteiger partial charge < -0.3 is 24.4 Å². The first-order valence-electron chi connectivity index (χ1n) is 10.4. The Morgan fingerprint density at radius 1 is 1.25 bits per heavy atom. The molecule has 9 heteroatoms. The Kier molecular flexibility index (Phi) is 8.76. The molecule has 172 valence electrons. The summed E-state index contributed by atoms with van der Waals surface area (Å²) in [6.45, 7) is 7.68. The number of carbonyl (C=O) groups is 1. The Hall–Kier alpha value is -1.87. The molecule has 2 aromatic rings. The minimum absolute atomic E-state index is 0.104. The second-order valence-corrected chi connectivity index (χ2v) is 9.21. The molecule has 2 atom stereocenters. The second-order valence-electron chi connectivity index (χ2n) is 7.53. The summed E-state index contributed by atoms with van der Waals surface area (Å²) in [5.74, 6) is 0.657. The van der Waals surface area contributed by atoms with Crippen LogP contribution in [-0.2, 0) is 9.53 Å². The number of nitrogens with one attached hydrogen (secondary N) is 1. The van der Waals surface area contributed by atoms with Crippen molar-refractivity contribution >= 4 is 56.3 Å². The fraction of sp³-hybridized carbons (Fsp3) is 0.391. The lowest BCUT2D eigenvalue weighted by Crippen LogP contribution is -2.47. The van der Waals surface area contributed by atoms with Gasteiger partial charge in [-0.15, -0.1) is 0 Å². The summed E-state index contributed by atoms with van der Waals surface area (Å²) < 4.78 is 18.1. The first-order chi connectivity index (χ1) is 15.3. The zero-order valence-corrected chi connectivity index (χ0v) is 21.4. The van der Waals surface area contributed by atoms with Crippen molar-refractivity contribution in [2.75, 3.05) is 31.6 Å². The molecule has 0 aliphatic carbocycles. The molecular formula is C23H26BrClN2O4S. The first kappa shape index (κ1) is 24.8. The van der Waals surface area contributed by atoms with E-state index in [-0.39, 0.29) is 24.7 Å². The lowest BCUT2D eigenvalue weighted by Gasteiger charge is -2.37. The van der Waals surface area contributed by atoms with Gasteiger partial charge in [-0.2, -0.15) is 0 Å². The highest BCUT2D eigenvalue weighted by Crippen LogP contribution is 2.37. The van der Waals surface area contributed by atoms with E-state index >= 15 is 0 Å². The van der Waals surface area contributed by atoms with Crippen LogP contribution in [0.1, 0.15) is 26.3 Å². The molecule has 1 saturated heterocycles. The van der Waals surface area contributed by atoms with Crippen LogP contribution in [0.15, 0.2) is 40.9 Å². The average molecular weight is 542 g/mol. The highest BCUT2D eigenvalue weighted by Gasteiger charge is 2.26. The molecule has 0 aromatic heterocycles. The van der Waals surface area contributed by atoms with Crippen molar-refractivity contribution in [3.8, 4) is 11.5 Å². The quantitative estimate of drug-likeness (QED) is 0.480. The fourth-order valence-electron chi connectivity index (χ4n) is 3.52. The van der Waals surface area contributed by atoms with Crippen molar-refractivity contribution in [3.05, 3.63) is 51.5 Å². The predicted octanol–water partition coefficient (Wildman–Crippen LogP) is 5.30. The zero-order chi connectivity index (χ0) is 23.3. The molecule has 1 aliphatic heterocycles. The van der Waals surface area contributed by atoms with E-state index in [1.54, 1.807) is 24.3 Å².